The van der Waals surface area contributed by atoms with Crippen LogP contribution in [0.2, 0.25) is 0 Å². The molecule has 2 aliphatic rings. The molecule has 0 bridgehead atoms. The lowest BCUT2D eigenvalue weighted by Crippen LogP contribution is -2.41. The molecule has 0 saturated carbocycles. The Kier molecular flexibility index (Phi) is 3.76. The van der Waals surface area contributed by atoms with Crippen LogP contribution in [0.5, 0.6) is 0 Å². The van der Waals surface area contributed by atoms with Gasteiger partial charge in [0.05, 0.1) is 5.69 Å². The number of nitrogens with zero attached hydrogens (tertiary/aromatic N) is 5. The van der Waals surface area contributed by atoms with Crippen LogP contribution < -0.4 is 9.80 Å². The Hall–Kier alpha value is -2.63. The van der Waals surface area contributed by atoms with Crippen molar-refractivity contribution < 1.29 is 0 Å². The lowest BCUT2D eigenvalue weighted by Gasteiger charge is -2.39. The highest BCUT2D eigenvalue weighted by atomic mass is 15.2. The molecule has 0 aliphatic carbocycles. The fraction of sp³-hybridized carbons (Fsp3) is 0.450. The summed E-state index contributed by atoms with van der Waals surface area (Å²) in [6, 6.07) is 4.64. The van der Waals surface area contributed by atoms with Gasteiger partial charge in [-0.15, -0.1) is 0 Å². The Morgan fingerprint density at radius 3 is 2.85 bits per heavy atom. The quantitative estimate of drug-likeness (QED) is 0.770. The number of aromatic amines is 1. The molecule has 1 fully saturated rings. The van der Waals surface area contributed by atoms with E-state index in [1.54, 1.807) is 6.33 Å². The SMILES string of the molecule is CC1Cc2ncnc(N3CCCCC3)c2CN1c1ccnc2[nH]ccc12. The lowest BCUT2D eigenvalue weighted by atomic mass is 9.98. The first-order valence-electron chi connectivity index (χ1n) is 9.57. The third-order valence-corrected chi connectivity index (χ3v) is 5.76. The van der Waals surface area contributed by atoms with Crippen molar-refractivity contribution in [3.05, 3.63) is 42.1 Å². The van der Waals surface area contributed by atoms with E-state index >= 15 is 0 Å². The van der Waals surface area contributed by atoms with Crippen LogP contribution in [-0.2, 0) is 13.0 Å². The summed E-state index contributed by atoms with van der Waals surface area (Å²) in [4.78, 5) is 21.9. The monoisotopic (exact) mass is 348 g/mol. The van der Waals surface area contributed by atoms with E-state index in [-0.39, 0.29) is 0 Å². The number of pyridine rings is 1. The zero-order valence-corrected chi connectivity index (χ0v) is 15.1. The van der Waals surface area contributed by atoms with Gasteiger partial charge in [0.2, 0.25) is 0 Å². The lowest BCUT2D eigenvalue weighted by molar-refractivity contribution is 0.553. The van der Waals surface area contributed by atoms with Gasteiger partial charge in [0.1, 0.15) is 17.8 Å². The number of nitrogens with one attached hydrogen (secondary N) is 1. The first kappa shape index (κ1) is 15.6. The van der Waals surface area contributed by atoms with Crippen LogP contribution >= 0.6 is 0 Å². The largest absolute Gasteiger partial charge is 0.363 e. The molecule has 2 aliphatic heterocycles. The molecule has 6 nitrogen and oxygen atoms in total. The smallest absolute Gasteiger partial charge is 0.139 e. The fourth-order valence-corrected chi connectivity index (χ4v) is 4.39. The van der Waals surface area contributed by atoms with E-state index in [0.29, 0.717) is 6.04 Å². The third-order valence-electron chi connectivity index (χ3n) is 5.76. The number of rotatable bonds is 2. The predicted octanol–water partition coefficient (Wildman–Crippen LogP) is 3.29. The molecule has 5 rings (SSSR count). The van der Waals surface area contributed by atoms with Gasteiger partial charge in [-0.25, -0.2) is 15.0 Å². The molecule has 1 unspecified atom stereocenters. The first-order valence-corrected chi connectivity index (χ1v) is 9.57. The summed E-state index contributed by atoms with van der Waals surface area (Å²) in [6.07, 6.45) is 10.4. The minimum absolute atomic E-state index is 0.395. The highest BCUT2D eigenvalue weighted by molar-refractivity contribution is 5.90. The second kappa shape index (κ2) is 6.27. The summed E-state index contributed by atoms with van der Waals surface area (Å²) in [6.45, 7) is 5.35. The second-order valence-electron chi connectivity index (χ2n) is 7.42. The summed E-state index contributed by atoms with van der Waals surface area (Å²) in [5.41, 5.74) is 4.69. The summed E-state index contributed by atoms with van der Waals surface area (Å²) < 4.78 is 0. The van der Waals surface area contributed by atoms with Crippen molar-refractivity contribution in [2.24, 2.45) is 0 Å². The Labute approximate surface area is 153 Å². The van der Waals surface area contributed by atoms with E-state index in [1.807, 2.05) is 12.4 Å². The van der Waals surface area contributed by atoms with Crippen molar-refractivity contribution in [3.63, 3.8) is 0 Å². The van der Waals surface area contributed by atoms with Crippen molar-refractivity contribution in [2.45, 2.75) is 45.2 Å². The van der Waals surface area contributed by atoms with Gasteiger partial charge in [-0.3, -0.25) is 0 Å². The van der Waals surface area contributed by atoms with E-state index in [2.05, 4.69) is 43.8 Å². The predicted molar refractivity (Wildman–Crippen MR) is 104 cm³/mol. The summed E-state index contributed by atoms with van der Waals surface area (Å²) in [5, 5.41) is 1.18. The number of hydrogen-bond donors (Lipinski definition) is 1. The van der Waals surface area contributed by atoms with E-state index < -0.39 is 0 Å². The molecule has 1 N–H and O–H groups in total. The number of H-pyrrole nitrogens is 1. The molecule has 0 spiro atoms. The molecule has 26 heavy (non-hydrogen) atoms. The molecular weight excluding hydrogens is 324 g/mol. The molecule has 3 aromatic rings. The average Bonchev–Trinajstić information content (AvgIpc) is 3.16. The van der Waals surface area contributed by atoms with Crippen LogP contribution in [0.4, 0.5) is 11.5 Å². The molecule has 5 heterocycles. The Morgan fingerprint density at radius 1 is 1.08 bits per heavy atom. The van der Waals surface area contributed by atoms with E-state index in [0.717, 1.165) is 37.5 Å². The minimum Gasteiger partial charge on any atom is -0.363 e. The Bertz CT molecular complexity index is 927. The maximum atomic E-state index is 4.69. The molecule has 6 heteroatoms. The molecule has 134 valence electrons. The van der Waals surface area contributed by atoms with Gasteiger partial charge in [-0.2, -0.15) is 0 Å². The zero-order valence-electron chi connectivity index (χ0n) is 15.1. The van der Waals surface area contributed by atoms with Crippen molar-refractivity contribution >= 4 is 22.5 Å². The van der Waals surface area contributed by atoms with Gasteiger partial charge in [-0.1, -0.05) is 0 Å². The number of hydrogen-bond acceptors (Lipinski definition) is 5. The number of piperidine rings is 1. The minimum atomic E-state index is 0.395. The molecule has 0 amide bonds. The van der Waals surface area contributed by atoms with Gasteiger partial charge in [0.15, 0.2) is 0 Å². The van der Waals surface area contributed by atoms with Crippen LogP contribution in [0.15, 0.2) is 30.9 Å². The van der Waals surface area contributed by atoms with Gasteiger partial charge in [0.25, 0.3) is 0 Å². The number of anilines is 2. The summed E-state index contributed by atoms with van der Waals surface area (Å²) in [5.74, 6) is 1.14. The maximum Gasteiger partial charge on any atom is 0.139 e. The summed E-state index contributed by atoms with van der Waals surface area (Å²) in [7, 11) is 0. The Morgan fingerprint density at radius 2 is 1.96 bits per heavy atom. The second-order valence-corrected chi connectivity index (χ2v) is 7.42. The molecule has 0 radical (unpaired) electrons. The van der Waals surface area contributed by atoms with Crippen molar-refractivity contribution in [3.8, 4) is 0 Å². The fourth-order valence-electron chi connectivity index (χ4n) is 4.39. The number of aromatic nitrogens is 4. The summed E-state index contributed by atoms with van der Waals surface area (Å²) >= 11 is 0. The Balaban J connectivity index is 1.56. The molecular formula is C20H24N6. The van der Waals surface area contributed by atoms with Gasteiger partial charge < -0.3 is 14.8 Å². The van der Waals surface area contributed by atoms with Crippen LogP contribution in [0.1, 0.15) is 37.4 Å². The molecule has 3 aromatic heterocycles. The maximum absolute atomic E-state index is 4.69. The van der Waals surface area contributed by atoms with Crippen LogP contribution in [-0.4, -0.2) is 39.1 Å². The van der Waals surface area contributed by atoms with E-state index in [9.17, 15) is 0 Å². The molecule has 1 saturated heterocycles. The normalized spacial score (nSPS) is 20.4. The van der Waals surface area contributed by atoms with Crippen LogP contribution in [0, 0.1) is 0 Å². The molecule has 1 atom stereocenters. The van der Waals surface area contributed by atoms with Crippen LogP contribution in [0.25, 0.3) is 11.0 Å². The molecule has 0 aromatic carbocycles. The van der Waals surface area contributed by atoms with Crippen molar-refractivity contribution in [1.82, 2.24) is 19.9 Å². The average molecular weight is 348 g/mol. The van der Waals surface area contributed by atoms with Gasteiger partial charge >= 0.3 is 0 Å². The first-order chi connectivity index (χ1) is 12.8. The van der Waals surface area contributed by atoms with Crippen LogP contribution in [0.3, 0.4) is 0 Å². The van der Waals surface area contributed by atoms with Gasteiger partial charge in [0, 0.05) is 61.1 Å². The van der Waals surface area contributed by atoms with Gasteiger partial charge in [-0.05, 0) is 38.3 Å². The van der Waals surface area contributed by atoms with Crippen molar-refractivity contribution in [2.75, 3.05) is 22.9 Å². The van der Waals surface area contributed by atoms with E-state index in [4.69, 9.17) is 4.98 Å². The number of fused-ring (bicyclic) bond motifs is 2. The third kappa shape index (κ3) is 2.52. The highest BCUT2D eigenvalue weighted by Crippen LogP contribution is 2.35. The van der Waals surface area contributed by atoms with E-state index in [1.165, 1.54) is 41.6 Å². The topological polar surface area (TPSA) is 60.9 Å². The highest BCUT2D eigenvalue weighted by Gasteiger charge is 2.29. The standard InChI is InChI=1S/C20H24N6/c1-14-11-17-16(20(24-13-23-17)25-9-3-2-4-10-25)12-26(14)18-6-8-22-19-15(18)5-7-21-19/h5-8,13-14H,2-4,9-12H2,1H3,(H,21,22). The zero-order chi connectivity index (χ0) is 17.5. The van der Waals surface area contributed by atoms with Crippen molar-refractivity contribution in [1.29, 1.82) is 0 Å².